The number of nitrogens with one attached hydrogen (secondary N) is 1. The van der Waals surface area contributed by atoms with Gasteiger partial charge in [-0.15, -0.1) is 0 Å². The normalized spacial score (nSPS) is 12.1. The predicted octanol–water partition coefficient (Wildman–Crippen LogP) is 5.25. The molecule has 0 saturated carbocycles. The quantitative estimate of drug-likeness (QED) is 0.825. The van der Waals surface area contributed by atoms with Crippen LogP contribution in [0, 0.1) is 13.8 Å². The van der Waals surface area contributed by atoms with Gasteiger partial charge in [0.2, 0.25) is 0 Å². The fourth-order valence-corrected chi connectivity index (χ4v) is 2.75. The van der Waals surface area contributed by atoms with E-state index in [1.165, 1.54) is 16.7 Å². The SMILES string of the molecule is COc1cc(NC(C)c2cc(C)cc(C)c2)ccc1Br. The molecular weight excluding hydrogens is 314 g/mol. The molecular formula is C17H20BrNO. The van der Waals surface area contributed by atoms with E-state index in [2.05, 4.69) is 60.2 Å². The van der Waals surface area contributed by atoms with Crippen LogP contribution in [0.4, 0.5) is 5.69 Å². The first-order chi connectivity index (χ1) is 9.49. The summed E-state index contributed by atoms with van der Waals surface area (Å²) in [5.74, 6) is 0.836. The summed E-state index contributed by atoms with van der Waals surface area (Å²) in [5.41, 5.74) is 4.94. The number of rotatable bonds is 4. The third-order valence-corrected chi connectivity index (χ3v) is 3.93. The van der Waals surface area contributed by atoms with Gasteiger partial charge in [0, 0.05) is 17.8 Å². The van der Waals surface area contributed by atoms with Crippen LogP contribution in [0.2, 0.25) is 0 Å². The highest BCUT2D eigenvalue weighted by Crippen LogP contribution is 2.30. The summed E-state index contributed by atoms with van der Waals surface area (Å²) in [6, 6.07) is 12.9. The fraction of sp³-hybridized carbons (Fsp3) is 0.294. The minimum atomic E-state index is 0.250. The van der Waals surface area contributed by atoms with Crippen LogP contribution in [0.15, 0.2) is 40.9 Å². The van der Waals surface area contributed by atoms with Crippen LogP contribution in [0.25, 0.3) is 0 Å². The third-order valence-electron chi connectivity index (χ3n) is 3.28. The summed E-state index contributed by atoms with van der Waals surface area (Å²) in [5, 5.41) is 3.51. The molecule has 0 bridgehead atoms. The van der Waals surface area contributed by atoms with Crippen molar-refractivity contribution in [3.05, 3.63) is 57.6 Å². The van der Waals surface area contributed by atoms with Gasteiger partial charge >= 0.3 is 0 Å². The van der Waals surface area contributed by atoms with Crippen LogP contribution < -0.4 is 10.1 Å². The first-order valence-electron chi connectivity index (χ1n) is 6.68. The minimum Gasteiger partial charge on any atom is -0.495 e. The monoisotopic (exact) mass is 333 g/mol. The number of benzene rings is 2. The van der Waals surface area contributed by atoms with E-state index in [-0.39, 0.29) is 6.04 Å². The van der Waals surface area contributed by atoms with Gasteiger partial charge in [0.25, 0.3) is 0 Å². The second-order valence-corrected chi connectivity index (χ2v) is 5.99. The van der Waals surface area contributed by atoms with E-state index >= 15 is 0 Å². The van der Waals surface area contributed by atoms with Crippen LogP contribution >= 0.6 is 15.9 Å². The van der Waals surface area contributed by atoms with Gasteiger partial charge in [-0.25, -0.2) is 0 Å². The van der Waals surface area contributed by atoms with Crippen molar-refractivity contribution in [3.8, 4) is 5.75 Å². The maximum Gasteiger partial charge on any atom is 0.135 e. The molecule has 0 aliphatic rings. The molecule has 106 valence electrons. The van der Waals surface area contributed by atoms with Gasteiger partial charge in [-0.1, -0.05) is 29.3 Å². The Morgan fingerprint density at radius 1 is 1.05 bits per heavy atom. The Bertz CT molecular complexity index is 590. The molecule has 0 aromatic heterocycles. The lowest BCUT2D eigenvalue weighted by atomic mass is 10.0. The molecule has 0 aliphatic heterocycles. The molecule has 3 heteroatoms. The second kappa shape index (κ2) is 6.31. The highest BCUT2D eigenvalue weighted by atomic mass is 79.9. The number of hydrogen-bond acceptors (Lipinski definition) is 2. The molecule has 1 atom stereocenters. The predicted molar refractivity (Wildman–Crippen MR) is 88.6 cm³/mol. The summed E-state index contributed by atoms with van der Waals surface area (Å²) >= 11 is 3.47. The van der Waals surface area contributed by atoms with E-state index in [1.807, 2.05) is 18.2 Å². The summed E-state index contributed by atoms with van der Waals surface area (Å²) in [6.45, 7) is 6.43. The summed E-state index contributed by atoms with van der Waals surface area (Å²) in [6.07, 6.45) is 0. The number of anilines is 1. The molecule has 2 aromatic carbocycles. The second-order valence-electron chi connectivity index (χ2n) is 5.14. The zero-order chi connectivity index (χ0) is 14.7. The van der Waals surface area contributed by atoms with Gasteiger partial charge in [-0.3, -0.25) is 0 Å². The van der Waals surface area contributed by atoms with Crippen molar-refractivity contribution in [2.24, 2.45) is 0 Å². The standard InChI is InChI=1S/C17H20BrNO/c1-11-7-12(2)9-14(8-11)13(3)19-15-5-6-16(18)17(10-15)20-4/h5-10,13,19H,1-4H3. The zero-order valence-corrected chi connectivity index (χ0v) is 13.9. The van der Waals surface area contributed by atoms with Crippen molar-refractivity contribution in [3.63, 3.8) is 0 Å². The van der Waals surface area contributed by atoms with Crippen LogP contribution in [-0.2, 0) is 0 Å². The van der Waals surface area contributed by atoms with E-state index in [0.717, 1.165) is 15.9 Å². The maximum atomic E-state index is 5.32. The lowest BCUT2D eigenvalue weighted by Crippen LogP contribution is -2.07. The summed E-state index contributed by atoms with van der Waals surface area (Å²) < 4.78 is 6.29. The molecule has 1 N–H and O–H groups in total. The van der Waals surface area contributed by atoms with E-state index in [9.17, 15) is 0 Å². The number of methoxy groups -OCH3 is 1. The van der Waals surface area contributed by atoms with E-state index < -0.39 is 0 Å². The van der Waals surface area contributed by atoms with Gasteiger partial charge in [0.05, 0.1) is 11.6 Å². The number of ether oxygens (including phenoxy) is 1. The number of aryl methyl sites for hydroxylation is 2. The first kappa shape index (κ1) is 14.9. The Hall–Kier alpha value is -1.48. The van der Waals surface area contributed by atoms with Gasteiger partial charge in [0.1, 0.15) is 5.75 Å². The molecule has 0 amide bonds. The average molecular weight is 334 g/mol. The van der Waals surface area contributed by atoms with Crippen molar-refractivity contribution in [1.29, 1.82) is 0 Å². The average Bonchev–Trinajstić information content (AvgIpc) is 2.39. The van der Waals surface area contributed by atoms with Crippen LogP contribution in [0.1, 0.15) is 29.7 Å². The Labute approximate surface area is 129 Å². The Kier molecular flexibility index (Phi) is 4.71. The molecule has 0 saturated heterocycles. The molecule has 20 heavy (non-hydrogen) atoms. The molecule has 2 nitrogen and oxygen atoms in total. The topological polar surface area (TPSA) is 21.3 Å². The van der Waals surface area contributed by atoms with Gasteiger partial charge in [-0.2, -0.15) is 0 Å². The highest BCUT2D eigenvalue weighted by Gasteiger charge is 2.08. The third kappa shape index (κ3) is 3.54. The van der Waals surface area contributed by atoms with Crippen LogP contribution in [0.3, 0.4) is 0 Å². The Balaban J connectivity index is 2.20. The van der Waals surface area contributed by atoms with Gasteiger partial charge in [0.15, 0.2) is 0 Å². The van der Waals surface area contributed by atoms with Crippen LogP contribution in [-0.4, -0.2) is 7.11 Å². The molecule has 0 spiro atoms. The number of hydrogen-bond donors (Lipinski definition) is 1. The van der Waals surface area contributed by atoms with Crippen molar-refractivity contribution in [2.75, 3.05) is 12.4 Å². The Morgan fingerprint density at radius 3 is 2.30 bits per heavy atom. The molecule has 0 radical (unpaired) electrons. The van der Waals surface area contributed by atoms with Gasteiger partial charge in [-0.05, 0) is 54.4 Å². The smallest absolute Gasteiger partial charge is 0.135 e. The zero-order valence-electron chi connectivity index (χ0n) is 12.3. The fourth-order valence-electron chi connectivity index (χ4n) is 2.34. The van der Waals surface area contributed by atoms with E-state index in [4.69, 9.17) is 4.74 Å². The highest BCUT2D eigenvalue weighted by molar-refractivity contribution is 9.10. The Morgan fingerprint density at radius 2 is 1.70 bits per heavy atom. The first-order valence-corrected chi connectivity index (χ1v) is 7.47. The molecule has 2 rings (SSSR count). The summed E-state index contributed by atoms with van der Waals surface area (Å²) in [4.78, 5) is 0. The van der Waals surface area contributed by atoms with E-state index in [1.54, 1.807) is 7.11 Å². The van der Waals surface area contributed by atoms with Crippen molar-refractivity contribution in [2.45, 2.75) is 26.8 Å². The van der Waals surface area contributed by atoms with Gasteiger partial charge < -0.3 is 10.1 Å². The minimum absolute atomic E-state index is 0.250. The van der Waals surface area contributed by atoms with E-state index in [0.29, 0.717) is 0 Å². The van der Waals surface area contributed by atoms with Crippen molar-refractivity contribution >= 4 is 21.6 Å². The lowest BCUT2D eigenvalue weighted by Gasteiger charge is -2.18. The van der Waals surface area contributed by atoms with Crippen molar-refractivity contribution < 1.29 is 4.74 Å². The summed E-state index contributed by atoms with van der Waals surface area (Å²) in [7, 11) is 1.68. The molecule has 2 aromatic rings. The van der Waals surface area contributed by atoms with Crippen LogP contribution in [0.5, 0.6) is 5.75 Å². The van der Waals surface area contributed by atoms with Crippen molar-refractivity contribution in [1.82, 2.24) is 0 Å². The maximum absolute atomic E-state index is 5.32. The number of halogens is 1. The molecule has 0 aliphatic carbocycles. The lowest BCUT2D eigenvalue weighted by molar-refractivity contribution is 0.412. The molecule has 0 fully saturated rings. The largest absolute Gasteiger partial charge is 0.495 e. The molecule has 0 heterocycles. The molecule has 1 unspecified atom stereocenters.